The molecular weight excluding hydrogens is 122 g/mol. The van der Waals surface area contributed by atoms with Crippen LogP contribution in [0.4, 0.5) is 0 Å². The molecule has 0 aliphatic carbocycles. The van der Waals surface area contributed by atoms with E-state index in [-0.39, 0.29) is 0 Å². The Bertz CT molecular complexity index is 86.7. The van der Waals surface area contributed by atoms with Crippen LogP contribution < -0.4 is 0 Å². The lowest BCUT2D eigenvalue weighted by molar-refractivity contribution is 0.341. The van der Waals surface area contributed by atoms with Crippen molar-refractivity contribution in [3.05, 3.63) is 12.2 Å². The van der Waals surface area contributed by atoms with Gasteiger partial charge in [0, 0.05) is 6.54 Å². The van der Waals surface area contributed by atoms with Crippen molar-refractivity contribution >= 4 is 0 Å². The normalized spacial score (nSPS) is 11.6. The smallest absolute Gasteiger partial charge is 0.00128 e. The van der Waals surface area contributed by atoms with Gasteiger partial charge in [0.25, 0.3) is 0 Å². The summed E-state index contributed by atoms with van der Waals surface area (Å²) in [4.78, 5) is 2.36. The van der Waals surface area contributed by atoms with Crippen LogP contribution in [0.1, 0.15) is 26.7 Å². The molecule has 0 aliphatic rings. The number of nitrogens with zero attached hydrogens (tertiary/aromatic N) is 1. The Morgan fingerprint density at radius 2 is 2.00 bits per heavy atom. The SMILES string of the molecule is C/C=C\CCN(C)CCC. The average Bonchev–Trinajstić information content (AvgIpc) is 1.89. The van der Waals surface area contributed by atoms with Gasteiger partial charge in [-0.1, -0.05) is 19.1 Å². The third-order valence-electron chi connectivity index (χ3n) is 1.52. The Kier molecular flexibility index (Phi) is 6.61. The maximum Gasteiger partial charge on any atom is 0.00128 e. The first-order chi connectivity index (χ1) is 4.81. The molecular formula is C9H19N. The zero-order valence-corrected chi connectivity index (χ0v) is 7.43. The molecule has 0 unspecified atom stereocenters. The van der Waals surface area contributed by atoms with Gasteiger partial charge < -0.3 is 4.90 Å². The van der Waals surface area contributed by atoms with Crippen LogP contribution in [-0.4, -0.2) is 25.0 Å². The van der Waals surface area contributed by atoms with Crippen molar-refractivity contribution in [3.8, 4) is 0 Å². The summed E-state index contributed by atoms with van der Waals surface area (Å²) in [5.74, 6) is 0. The monoisotopic (exact) mass is 141 g/mol. The fourth-order valence-electron chi connectivity index (χ4n) is 0.955. The van der Waals surface area contributed by atoms with E-state index in [0.717, 1.165) is 0 Å². The number of allylic oxidation sites excluding steroid dienone is 1. The highest BCUT2D eigenvalue weighted by Gasteiger charge is 1.91. The molecule has 0 aromatic heterocycles. The fourth-order valence-corrected chi connectivity index (χ4v) is 0.955. The fraction of sp³-hybridized carbons (Fsp3) is 0.778. The molecule has 0 bridgehead atoms. The summed E-state index contributed by atoms with van der Waals surface area (Å²) in [5, 5.41) is 0. The van der Waals surface area contributed by atoms with E-state index in [1.807, 2.05) is 0 Å². The second-order valence-corrected chi connectivity index (χ2v) is 2.66. The quantitative estimate of drug-likeness (QED) is 0.531. The molecule has 0 radical (unpaired) electrons. The minimum absolute atomic E-state index is 1.19. The summed E-state index contributed by atoms with van der Waals surface area (Å²) in [6.07, 6.45) is 6.77. The van der Waals surface area contributed by atoms with E-state index in [1.165, 1.54) is 25.9 Å². The van der Waals surface area contributed by atoms with Gasteiger partial charge in [-0.3, -0.25) is 0 Å². The van der Waals surface area contributed by atoms with Crippen molar-refractivity contribution in [2.45, 2.75) is 26.7 Å². The van der Waals surface area contributed by atoms with Gasteiger partial charge in [-0.05, 0) is 33.4 Å². The van der Waals surface area contributed by atoms with E-state index in [0.29, 0.717) is 0 Å². The molecule has 0 spiro atoms. The summed E-state index contributed by atoms with van der Waals surface area (Å²) < 4.78 is 0. The summed E-state index contributed by atoms with van der Waals surface area (Å²) in [6, 6.07) is 0. The van der Waals surface area contributed by atoms with E-state index in [9.17, 15) is 0 Å². The Labute approximate surface area is 64.7 Å². The van der Waals surface area contributed by atoms with Crippen molar-refractivity contribution in [1.29, 1.82) is 0 Å². The van der Waals surface area contributed by atoms with Crippen molar-refractivity contribution in [2.75, 3.05) is 20.1 Å². The van der Waals surface area contributed by atoms with Gasteiger partial charge in [-0.15, -0.1) is 0 Å². The Morgan fingerprint density at radius 3 is 2.50 bits per heavy atom. The van der Waals surface area contributed by atoms with Crippen LogP contribution in [0.5, 0.6) is 0 Å². The molecule has 0 amide bonds. The van der Waals surface area contributed by atoms with Crippen LogP contribution in [0.3, 0.4) is 0 Å². The largest absolute Gasteiger partial charge is 0.306 e. The van der Waals surface area contributed by atoms with Gasteiger partial charge in [-0.25, -0.2) is 0 Å². The predicted molar refractivity (Wildman–Crippen MR) is 47.2 cm³/mol. The van der Waals surface area contributed by atoms with E-state index in [1.54, 1.807) is 0 Å². The van der Waals surface area contributed by atoms with Crippen molar-refractivity contribution < 1.29 is 0 Å². The molecule has 0 fully saturated rings. The molecule has 0 N–H and O–H groups in total. The lowest BCUT2D eigenvalue weighted by atomic mass is 10.3. The first-order valence-electron chi connectivity index (χ1n) is 4.11. The van der Waals surface area contributed by atoms with E-state index < -0.39 is 0 Å². The van der Waals surface area contributed by atoms with E-state index in [2.05, 4.69) is 37.9 Å². The van der Waals surface area contributed by atoms with Crippen LogP contribution in [0, 0.1) is 0 Å². The average molecular weight is 141 g/mol. The molecule has 0 aliphatic heterocycles. The number of hydrogen-bond donors (Lipinski definition) is 0. The molecule has 1 nitrogen and oxygen atoms in total. The standard InChI is InChI=1S/C9H19N/c1-4-6-7-9-10(3)8-5-2/h4,6H,5,7-9H2,1-3H3/b6-4-. The van der Waals surface area contributed by atoms with Crippen LogP contribution in [-0.2, 0) is 0 Å². The van der Waals surface area contributed by atoms with Crippen molar-refractivity contribution in [1.82, 2.24) is 4.90 Å². The topological polar surface area (TPSA) is 3.24 Å². The predicted octanol–water partition coefficient (Wildman–Crippen LogP) is 2.29. The Balaban J connectivity index is 3.12. The second kappa shape index (κ2) is 6.81. The minimum Gasteiger partial charge on any atom is -0.306 e. The number of rotatable bonds is 5. The molecule has 0 rings (SSSR count). The summed E-state index contributed by atoms with van der Waals surface area (Å²) >= 11 is 0. The molecule has 60 valence electrons. The van der Waals surface area contributed by atoms with Crippen LogP contribution in [0.2, 0.25) is 0 Å². The highest BCUT2D eigenvalue weighted by molar-refractivity contribution is 4.77. The maximum atomic E-state index is 2.36. The highest BCUT2D eigenvalue weighted by atomic mass is 15.1. The highest BCUT2D eigenvalue weighted by Crippen LogP contribution is 1.90. The van der Waals surface area contributed by atoms with Gasteiger partial charge in [0.1, 0.15) is 0 Å². The molecule has 0 saturated heterocycles. The van der Waals surface area contributed by atoms with Crippen LogP contribution in [0.25, 0.3) is 0 Å². The molecule has 10 heavy (non-hydrogen) atoms. The van der Waals surface area contributed by atoms with E-state index >= 15 is 0 Å². The molecule has 0 aromatic carbocycles. The van der Waals surface area contributed by atoms with Gasteiger partial charge in [-0.2, -0.15) is 0 Å². The van der Waals surface area contributed by atoms with E-state index in [4.69, 9.17) is 0 Å². The zero-order valence-electron chi connectivity index (χ0n) is 7.43. The van der Waals surface area contributed by atoms with Crippen molar-refractivity contribution in [2.24, 2.45) is 0 Å². The summed E-state index contributed by atoms with van der Waals surface area (Å²) in [5.41, 5.74) is 0. The molecule has 0 aromatic rings. The first kappa shape index (κ1) is 9.70. The molecule has 0 heterocycles. The van der Waals surface area contributed by atoms with Gasteiger partial charge in [0.2, 0.25) is 0 Å². The lowest BCUT2D eigenvalue weighted by Gasteiger charge is -2.13. The molecule has 1 heteroatoms. The van der Waals surface area contributed by atoms with Gasteiger partial charge >= 0.3 is 0 Å². The van der Waals surface area contributed by atoms with Gasteiger partial charge in [0.15, 0.2) is 0 Å². The Hall–Kier alpha value is -0.300. The third kappa shape index (κ3) is 5.83. The van der Waals surface area contributed by atoms with Crippen LogP contribution in [0.15, 0.2) is 12.2 Å². The maximum absolute atomic E-state index is 2.36. The van der Waals surface area contributed by atoms with Gasteiger partial charge in [0.05, 0.1) is 0 Å². The first-order valence-corrected chi connectivity index (χ1v) is 4.11. The molecule has 0 saturated carbocycles. The third-order valence-corrected chi connectivity index (χ3v) is 1.52. The lowest BCUT2D eigenvalue weighted by Crippen LogP contribution is -2.19. The second-order valence-electron chi connectivity index (χ2n) is 2.66. The summed E-state index contributed by atoms with van der Waals surface area (Å²) in [6.45, 7) is 6.70. The Morgan fingerprint density at radius 1 is 1.30 bits per heavy atom. The number of hydrogen-bond acceptors (Lipinski definition) is 1. The van der Waals surface area contributed by atoms with Crippen molar-refractivity contribution in [3.63, 3.8) is 0 Å². The van der Waals surface area contributed by atoms with Crippen LogP contribution >= 0.6 is 0 Å². The zero-order chi connectivity index (χ0) is 7.82. The minimum atomic E-state index is 1.19. The summed E-state index contributed by atoms with van der Waals surface area (Å²) in [7, 11) is 2.17. The molecule has 0 atom stereocenters.